The van der Waals surface area contributed by atoms with Crippen molar-refractivity contribution in [3.8, 4) is 5.69 Å². The second kappa shape index (κ2) is 7.94. The van der Waals surface area contributed by atoms with Gasteiger partial charge in [0.1, 0.15) is 0 Å². The van der Waals surface area contributed by atoms with Crippen LogP contribution in [-0.2, 0) is 16.9 Å². The first-order chi connectivity index (χ1) is 15.6. The standard InChI is InChI=1S/C27H22N2O3/c30-25(21-11-8-12-22(17-21)28-15-6-7-16-28)18-27(32)23-13-4-5-14-24(23)29(26(27)31)19-20-9-2-1-3-10-20/h1-17,32H,18-19H2/t27-/m0/s1. The molecule has 0 saturated carbocycles. The molecule has 0 bridgehead atoms. The number of Topliss-reactive ketones (excluding diaryl/α,β-unsaturated/α-hetero) is 1. The van der Waals surface area contributed by atoms with Crippen LogP contribution in [0, 0.1) is 0 Å². The van der Waals surface area contributed by atoms with E-state index in [2.05, 4.69) is 0 Å². The monoisotopic (exact) mass is 422 g/mol. The molecule has 1 atom stereocenters. The fraction of sp³-hybridized carbons (Fsp3) is 0.111. The van der Waals surface area contributed by atoms with Crippen LogP contribution in [0.25, 0.3) is 5.69 Å². The van der Waals surface area contributed by atoms with Crippen LogP contribution in [0.1, 0.15) is 27.9 Å². The number of aliphatic hydroxyl groups is 1. The summed E-state index contributed by atoms with van der Waals surface area (Å²) in [6.07, 6.45) is 3.48. The molecular formula is C27H22N2O3. The molecule has 5 nitrogen and oxygen atoms in total. The quantitative estimate of drug-likeness (QED) is 0.466. The maximum atomic E-state index is 13.4. The summed E-state index contributed by atoms with van der Waals surface area (Å²) in [6, 6.07) is 27.8. The van der Waals surface area contributed by atoms with Crippen molar-refractivity contribution in [2.75, 3.05) is 4.90 Å². The molecule has 5 heteroatoms. The van der Waals surface area contributed by atoms with Gasteiger partial charge in [0.05, 0.1) is 18.7 Å². The van der Waals surface area contributed by atoms with E-state index < -0.39 is 11.5 Å². The van der Waals surface area contributed by atoms with Gasteiger partial charge < -0.3 is 14.6 Å². The highest BCUT2D eigenvalue weighted by Gasteiger charge is 2.50. The number of hydrogen-bond donors (Lipinski definition) is 1. The van der Waals surface area contributed by atoms with Gasteiger partial charge in [-0.15, -0.1) is 0 Å². The van der Waals surface area contributed by atoms with Gasteiger partial charge in [-0.1, -0.05) is 60.7 Å². The molecule has 5 rings (SSSR count). The Balaban J connectivity index is 1.46. The number of benzene rings is 3. The number of ketones is 1. The minimum absolute atomic E-state index is 0.286. The van der Waals surface area contributed by atoms with Gasteiger partial charge in [-0.25, -0.2) is 0 Å². The largest absolute Gasteiger partial charge is 0.375 e. The molecule has 3 aromatic carbocycles. The van der Waals surface area contributed by atoms with Gasteiger partial charge >= 0.3 is 0 Å². The van der Waals surface area contributed by atoms with Crippen LogP contribution in [0.4, 0.5) is 5.69 Å². The second-order valence-corrected chi connectivity index (χ2v) is 7.99. The molecule has 1 aromatic heterocycles. The highest BCUT2D eigenvalue weighted by atomic mass is 16.3. The van der Waals surface area contributed by atoms with Crippen LogP contribution in [0.15, 0.2) is 103 Å². The number of fused-ring (bicyclic) bond motifs is 1. The maximum Gasteiger partial charge on any atom is 0.264 e. The van der Waals surface area contributed by atoms with E-state index in [1.165, 1.54) is 0 Å². The Morgan fingerprint density at radius 2 is 1.56 bits per heavy atom. The van der Waals surface area contributed by atoms with Crippen LogP contribution in [0.2, 0.25) is 0 Å². The molecule has 0 spiro atoms. The molecule has 158 valence electrons. The zero-order valence-corrected chi connectivity index (χ0v) is 17.4. The van der Waals surface area contributed by atoms with Gasteiger partial charge in [0, 0.05) is 29.2 Å². The fourth-order valence-corrected chi connectivity index (χ4v) is 4.28. The van der Waals surface area contributed by atoms with Crippen molar-refractivity contribution in [2.45, 2.75) is 18.6 Å². The molecule has 32 heavy (non-hydrogen) atoms. The average Bonchev–Trinajstić information content (AvgIpc) is 3.43. The minimum atomic E-state index is -1.90. The molecule has 4 aromatic rings. The highest BCUT2D eigenvalue weighted by molar-refractivity contribution is 6.10. The number of carbonyl (C=O) groups is 2. The number of hydrogen-bond acceptors (Lipinski definition) is 3. The molecule has 1 N–H and O–H groups in total. The van der Waals surface area contributed by atoms with Crippen molar-refractivity contribution in [2.24, 2.45) is 0 Å². The van der Waals surface area contributed by atoms with E-state index in [1.807, 2.05) is 77.6 Å². The fourth-order valence-electron chi connectivity index (χ4n) is 4.28. The normalized spacial score (nSPS) is 17.4. The Morgan fingerprint density at radius 3 is 2.34 bits per heavy atom. The summed E-state index contributed by atoms with van der Waals surface area (Å²) in [5, 5.41) is 11.5. The average molecular weight is 422 g/mol. The molecule has 0 saturated heterocycles. The Morgan fingerprint density at radius 1 is 0.844 bits per heavy atom. The van der Waals surface area contributed by atoms with Crippen LogP contribution in [0.5, 0.6) is 0 Å². The second-order valence-electron chi connectivity index (χ2n) is 7.99. The van der Waals surface area contributed by atoms with Crippen LogP contribution < -0.4 is 4.90 Å². The van der Waals surface area contributed by atoms with E-state index in [4.69, 9.17) is 0 Å². The molecule has 0 fully saturated rings. The third-order valence-electron chi connectivity index (χ3n) is 5.91. The van der Waals surface area contributed by atoms with Crippen molar-refractivity contribution in [1.82, 2.24) is 4.57 Å². The SMILES string of the molecule is O=C(C[C@@]1(O)C(=O)N(Cc2ccccc2)c2ccccc21)c1cccc(-n2cccc2)c1. The molecule has 2 heterocycles. The van der Waals surface area contributed by atoms with E-state index in [0.29, 0.717) is 23.4 Å². The molecule has 0 unspecified atom stereocenters. The van der Waals surface area contributed by atoms with Gasteiger partial charge in [-0.2, -0.15) is 0 Å². The minimum Gasteiger partial charge on any atom is -0.375 e. The number of para-hydroxylation sites is 1. The summed E-state index contributed by atoms with van der Waals surface area (Å²) in [7, 11) is 0. The highest BCUT2D eigenvalue weighted by Crippen LogP contribution is 2.43. The Hall–Kier alpha value is -3.96. The summed E-state index contributed by atoms with van der Waals surface area (Å²) in [5.41, 5.74) is 1.46. The lowest BCUT2D eigenvalue weighted by atomic mass is 9.88. The summed E-state index contributed by atoms with van der Waals surface area (Å²) < 4.78 is 1.91. The van der Waals surface area contributed by atoms with Crippen molar-refractivity contribution < 1.29 is 14.7 Å². The zero-order valence-electron chi connectivity index (χ0n) is 17.4. The Bertz CT molecular complexity index is 1280. The number of amides is 1. The van der Waals surface area contributed by atoms with Crippen molar-refractivity contribution in [3.05, 3.63) is 120 Å². The summed E-state index contributed by atoms with van der Waals surface area (Å²) in [6.45, 7) is 0.330. The summed E-state index contributed by atoms with van der Waals surface area (Å²) >= 11 is 0. The third-order valence-corrected chi connectivity index (χ3v) is 5.91. The smallest absolute Gasteiger partial charge is 0.264 e. The number of carbonyl (C=O) groups excluding carboxylic acids is 2. The van der Waals surface area contributed by atoms with Gasteiger partial charge in [-0.3, -0.25) is 9.59 Å². The Labute approximate surface area is 186 Å². The van der Waals surface area contributed by atoms with E-state index in [0.717, 1.165) is 11.3 Å². The lowest BCUT2D eigenvalue weighted by molar-refractivity contribution is -0.136. The number of aromatic nitrogens is 1. The van der Waals surface area contributed by atoms with Crippen LogP contribution >= 0.6 is 0 Å². The van der Waals surface area contributed by atoms with Gasteiger partial charge in [0.2, 0.25) is 0 Å². The lowest BCUT2D eigenvalue weighted by Crippen LogP contribution is -2.41. The molecule has 1 aliphatic heterocycles. The van der Waals surface area contributed by atoms with E-state index >= 15 is 0 Å². The first kappa shape index (κ1) is 20.0. The zero-order chi connectivity index (χ0) is 22.1. The first-order valence-electron chi connectivity index (χ1n) is 10.5. The topological polar surface area (TPSA) is 62.5 Å². The van der Waals surface area contributed by atoms with E-state index in [9.17, 15) is 14.7 Å². The summed E-state index contributed by atoms with van der Waals surface area (Å²) in [4.78, 5) is 28.2. The third kappa shape index (κ3) is 3.43. The van der Waals surface area contributed by atoms with Gasteiger partial charge in [0.25, 0.3) is 5.91 Å². The predicted octanol–water partition coefficient (Wildman–Crippen LogP) is 4.48. The van der Waals surface area contributed by atoms with Crippen LogP contribution in [-0.4, -0.2) is 21.4 Å². The van der Waals surface area contributed by atoms with Crippen molar-refractivity contribution in [3.63, 3.8) is 0 Å². The number of rotatable bonds is 6. The van der Waals surface area contributed by atoms with E-state index in [-0.39, 0.29) is 12.2 Å². The van der Waals surface area contributed by atoms with Gasteiger partial charge in [-0.05, 0) is 35.9 Å². The maximum absolute atomic E-state index is 13.4. The molecule has 1 amide bonds. The lowest BCUT2D eigenvalue weighted by Gasteiger charge is -2.23. The molecular weight excluding hydrogens is 400 g/mol. The summed E-state index contributed by atoms with van der Waals surface area (Å²) in [5.74, 6) is -0.760. The van der Waals surface area contributed by atoms with Crippen LogP contribution in [0.3, 0.4) is 0 Å². The number of nitrogens with zero attached hydrogens (tertiary/aromatic N) is 2. The van der Waals surface area contributed by atoms with Crippen molar-refractivity contribution >= 4 is 17.4 Å². The molecule has 0 aliphatic carbocycles. The molecule has 1 aliphatic rings. The number of anilines is 1. The Kier molecular flexibility index (Phi) is 4.96. The van der Waals surface area contributed by atoms with Gasteiger partial charge in [0.15, 0.2) is 11.4 Å². The van der Waals surface area contributed by atoms with E-state index in [1.54, 1.807) is 35.2 Å². The first-order valence-corrected chi connectivity index (χ1v) is 10.5. The predicted molar refractivity (Wildman–Crippen MR) is 123 cm³/mol. The molecule has 0 radical (unpaired) electrons. The van der Waals surface area contributed by atoms with Crippen molar-refractivity contribution in [1.29, 1.82) is 0 Å².